The van der Waals surface area contributed by atoms with Crippen LogP contribution in [0.5, 0.6) is 0 Å². The Bertz CT molecular complexity index is 724. The van der Waals surface area contributed by atoms with Crippen LogP contribution in [0.4, 0.5) is 0 Å². The van der Waals surface area contributed by atoms with Crippen molar-refractivity contribution < 1.29 is 24.1 Å². The third-order valence-corrected chi connectivity index (χ3v) is 4.91. The number of hydrogen-bond acceptors (Lipinski definition) is 5. The first kappa shape index (κ1) is 20.5. The highest BCUT2D eigenvalue weighted by molar-refractivity contribution is 5.79. The number of carbonyl (C=O) groups excluding carboxylic acids is 1. The quantitative estimate of drug-likeness (QED) is 0.726. The third-order valence-electron chi connectivity index (χ3n) is 4.91. The van der Waals surface area contributed by atoms with Gasteiger partial charge >= 0.3 is 0 Å². The first-order valence-corrected chi connectivity index (χ1v) is 9.48. The summed E-state index contributed by atoms with van der Waals surface area (Å²) in [7, 11) is 1.59. The van der Waals surface area contributed by atoms with Crippen molar-refractivity contribution in [2.75, 3.05) is 20.3 Å². The van der Waals surface area contributed by atoms with Crippen molar-refractivity contribution in [2.24, 2.45) is 5.92 Å². The average molecular weight is 385 g/mol. The highest BCUT2D eigenvalue weighted by atomic mass is 16.6. The molecular formula is C22H27NO5. The minimum atomic E-state index is -0.565. The molecule has 1 aliphatic rings. The van der Waals surface area contributed by atoms with E-state index < -0.39 is 24.2 Å². The van der Waals surface area contributed by atoms with Gasteiger partial charge in [-0.1, -0.05) is 60.7 Å². The molecule has 2 N–H and O–H groups in total. The van der Waals surface area contributed by atoms with Gasteiger partial charge in [0.1, 0.15) is 18.3 Å². The molecule has 1 amide bonds. The van der Waals surface area contributed by atoms with Crippen LogP contribution in [0.25, 0.3) is 0 Å². The van der Waals surface area contributed by atoms with E-state index in [9.17, 15) is 9.90 Å². The van der Waals surface area contributed by atoms with E-state index in [1.807, 2.05) is 60.7 Å². The molecule has 6 nitrogen and oxygen atoms in total. The van der Waals surface area contributed by atoms with Crippen molar-refractivity contribution in [3.63, 3.8) is 0 Å². The first-order valence-electron chi connectivity index (χ1n) is 9.48. The Labute approximate surface area is 165 Å². The lowest BCUT2D eigenvalue weighted by Gasteiger charge is -2.41. The molecule has 2 aromatic carbocycles. The van der Waals surface area contributed by atoms with Gasteiger partial charge in [-0.25, -0.2) is 0 Å². The summed E-state index contributed by atoms with van der Waals surface area (Å²) in [5.74, 6) is -0.681. The number of nitrogens with one attached hydrogen (secondary N) is 1. The Hall–Kier alpha value is -2.25. The molecule has 0 spiro atoms. The van der Waals surface area contributed by atoms with Crippen LogP contribution in [0.3, 0.4) is 0 Å². The molecule has 0 aromatic heterocycles. The van der Waals surface area contributed by atoms with Crippen LogP contribution in [0, 0.1) is 5.92 Å². The number of aliphatic hydroxyl groups is 1. The van der Waals surface area contributed by atoms with Crippen molar-refractivity contribution in [3.05, 3.63) is 71.8 Å². The van der Waals surface area contributed by atoms with Crippen molar-refractivity contribution in [2.45, 2.75) is 31.5 Å². The number of hydrogen-bond donors (Lipinski definition) is 2. The Morgan fingerprint density at radius 2 is 1.54 bits per heavy atom. The molecule has 150 valence electrons. The molecule has 1 heterocycles. The summed E-state index contributed by atoms with van der Waals surface area (Å²) in [6, 6.07) is 19.5. The first-order chi connectivity index (χ1) is 13.7. The molecule has 0 radical (unpaired) electrons. The molecule has 0 saturated carbocycles. The van der Waals surface area contributed by atoms with Crippen molar-refractivity contribution in [1.82, 2.24) is 5.32 Å². The van der Waals surface area contributed by atoms with Gasteiger partial charge in [0.15, 0.2) is 0 Å². The standard InChI is InChI=1S/C22H27NO5/c1-23-22(25)18-15-26-19(12-24)21(28-14-17-10-6-3-7-11-17)20(18)27-13-16-8-4-2-5-9-16/h2-11,18-21,24H,12-15H2,1H3,(H,23,25)/t18-,19-,20-,21+/m1/s1. The van der Waals surface area contributed by atoms with Crippen molar-refractivity contribution in [1.29, 1.82) is 0 Å². The zero-order valence-corrected chi connectivity index (χ0v) is 16.0. The molecule has 1 fully saturated rings. The largest absolute Gasteiger partial charge is 0.394 e. The summed E-state index contributed by atoms with van der Waals surface area (Å²) in [6.45, 7) is 0.667. The minimum absolute atomic E-state index is 0.164. The van der Waals surface area contributed by atoms with E-state index in [-0.39, 0.29) is 19.1 Å². The fourth-order valence-corrected chi connectivity index (χ4v) is 3.37. The van der Waals surface area contributed by atoms with E-state index in [0.29, 0.717) is 13.2 Å². The van der Waals surface area contributed by atoms with E-state index in [0.717, 1.165) is 11.1 Å². The second kappa shape index (κ2) is 10.3. The lowest BCUT2D eigenvalue weighted by Crippen LogP contribution is -2.57. The number of amides is 1. The summed E-state index contributed by atoms with van der Waals surface area (Å²) in [5.41, 5.74) is 2.01. The van der Waals surface area contributed by atoms with Crippen LogP contribution in [0.15, 0.2) is 60.7 Å². The smallest absolute Gasteiger partial charge is 0.227 e. The molecule has 2 aromatic rings. The lowest BCUT2D eigenvalue weighted by atomic mass is 9.91. The summed E-state index contributed by atoms with van der Waals surface area (Å²) >= 11 is 0. The normalized spacial score (nSPS) is 24.6. The Kier molecular flexibility index (Phi) is 7.56. The molecular weight excluding hydrogens is 358 g/mol. The molecule has 0 aliphatic carbocycles. The van der Waals surface area contributed by atoms with Gasteiger partial charge in [0.2, 0.25) is 5.91 Å². The Morgan fingerprint density at radius 3 is 2.04 bits per heavy atom. The van der Waals surface area contributed by atoms with Gasteiger partial charge < -0.3 is 24.6 Å². The monoisotopic (exact) mass is 385 g/mol. The molecule has 1 aliphatic heterocycles. The van der Waals surface area contributed by atoms with Gasteiger partial charge in [-0.3, -0.25) is 4.79 Å². The summed E-state index contributed by atoms with van der Waals surface area (Å²) in [5, 5.41) is 12.5. The molecule has 3 rings (SSSR count). The predicted octanol–water partition coefficient (Wildman–Crippen LogP) is 1.91. The molecule has 6 heteroatoms. The van der Waals surface area contributed by atoms with Crippen LogP contribution in [-0.2, 0) is 32.2 Å². The fraction of sp³-hybridized carbons (Fsp3) is 0.409. The minimum Gasteiger partial charge on any atom is -0.394 e. The maximum Gasteiger partial charge on any atom is 0.227 e. The highest BCUT2D eigenvalue weighted by Gasteiger charge is 2.44. The second-order valence-corrected chi connectivity index (χ2v) is 6.80. The van der Waals surface area contributed by atoms with Gasteiger partial charge in [0.25, 0.3) is 0 Å². The van der Waals surface area contributed by atoms with Gasteiger partial charge in [-0.05, 0) is 11.1 Å². The molecule has 4 atom stereocenters. The number of aliphatic hydroxyl groups excluding tert-OH is 1. The van der Waals surface area contributed by atoms with E-state index in [1.54, 1.807) is 7.05 Å². The van der Waals surface area contributed by atoms with Crippen LogP contribution in [-0.4, -0.2) is 49.6 Å². The molecule has 28 heavy (non-hydrogen) atoms. The van der Waals surface area contributed by atoms with Crippen molar-refractivity contribution in [3.8, 4) is 0 Å². The Morgan fingerprint density at radius 1 is 1.00 bits per heavy atom. The zero-order valence-electron chi connectivity index (χ0n) is 16.0. The second-order valence-electron chi connectivity index (χ2n) is 6.80. The van der Waals surface area contributed by atoms with Gasteiger partial charge in [0.05, 0.1) is 32.3 Å². The maximum absolute atomic E-state index is 12.4. The van der Waals surface area contributed by atoms with Crippen LogP contribution < -0.4 is 5.32 Å². The lowest BCUT2D eigenvalue weighted by molar-refractivity contribution is -0.215. The predicted molar refractivity (Wildman–Crippen MR) is 104 cm³/mol. The highest BCUT2D eigenvalue weighted by Crippen LogP contribution is 2.28. The van der Waals surface area contributed by atoms with Gasteiger partial charge in [-0.2, -0.15) is 0 Å². The van der Waals surface area contributed by atoms with E-state index in [2.05, 4.69) is 5.32 Å². The molecule has 0 bridgehead atoms. The zero-order chi connectivity index (χ0) is 19.8. The van der Waals surface area contributed by atoms with Gasteiger partial charge in [-0.15, -0.1) is 0 Å². The summed E-state index contributed by atoms with van der Waals surface area (Å²) < 4.78 is 18.0. The number of carbonyl (C=O) groups is 1. The number of rotatable bonds is 8. The average Bonchev–Trinajstić information content (AvgIpc) is 2.76. The van der Waals surface area contributed by atoms with Gasteiger partial charge in [0, 0.05) is 7.05 Å². The fourth-order valence-electron chi connectivity index (χ4n) is 3.37. The topological polar surface area (TPSA) is 77.0 Å². The third kappa shape index (κ3) is 5.17. The SMILES string of the molecule is CNC(=O)[C@@H]1CO[C@H](CO)[C@H](OCc2ccccc2)[C@@H]1OCc1ccccc1. The van der Waals surface area contributed by atoms with Crippen LogP contribution in [0.2, 0.25) is 0 Å². The molecule has 1 saturated heterocycles. The van der Waals surface area contributed by atoms with Crippen molar-refractivity contribution >= 4 is 5.91 Å². The summed E-state index contributed by atoms with van der Waals surface area (Å²) in [6.07, 6.45) is -1.65. The summed E-state index contributed by atoms with van der Waals surface area (Å²) in [4.78, 5) is 12.4. The van der Waals surface area contributed by atoms with Crippen LogP contribution in [0.1, 0.15) is 11.1 Å². The van der Waals surface area contributed by atoms with E-state index in [1.165, 1.54) is 0 Å². The Balaban J connectivity index is 1.77. The maximum atomic E-state index is 12.4. The number of ether oxygens (including phenoxy) is 3. The van der Waals surface area contributed by atoms with E-state index >= 15 is 0 Å². The number of benzene rings is 2. The van der Waals surface area contributed by atoms with E-state index in [4.69, 9.17) is 14.2 Å². The molecule has 0 unspecified atom stereocenters. The van der Waals surface area contributed by atoms with Crippen LogP contribution >= 0.6 is 0 Å².